The van der Waals surface area contributed by atoms with Crippen molar-refractivity contribution in [3.05, 3.63) is 33.9 Å². The minimum Gasteiger partial charge on any atom is -0.393 e. The zero-order chi connectivity index (χ0) is 15.4. The lowest BCUT2D eigenvalue weighted by Gasteiger charge is -2.32. The summed E-state index contributed by atoms with van der Waals surface area (Å²) in [6.07, 6.45) is 1.90. The molecule has 114 valence electrons. The molecular formula is C14H20N4O3. The van der Waals surface area contributed by atoms with Crippen molar-refractivity contribution in [2.24, 2.45) is 5.92 Å². The summed E-state index contributed by atoms with van der Waals surface area (Å²) in [6.45, 7) is 2.32. The largest absolute Gasteiger partial charge is 0.393 e. The number of likely N-dealkylation sites (tertiary alicyclic amines) is 1. The molecule has 2 rings (SSSR count). The molecule has 1 aromatic rings. The number of nitrogens with one attached hydrogen (secondary N) is 1. The highest BCUT2D eigenvalue weighted by Gasteiger charge is 2.24. The molecule has 7 heteroatoms. The van der Waals surface area contributed by atoms with E-state index < -0.39 is 4.92 Å². The number of amides is 1. The van der Waals surface area contributed by atoms with Gasteiger partial charge in [-0.15, -0.1) is 0 Å². The van der Waals surface area contributed by atoms with Gasteiger partial charge < -0.3 is 16.0 Å². The molecule has 0 unspecified atom stereocenters. The Morgan fingerprint density at radius 2 is 2.14 bits per heavy atom. The summed E-state index contributed by atoms with van der Waals surface area (Å²) in [4.78, 5) is 24.5. The predicted octanol–water partition coefficient (Wildman–Crippen LogP) is 1.25. The van der Waals surface area contributed by atoms with E-state index in [0.29, 0.717) is 24.6 Å². The predicted molar refractivity (Wildman–Crippen MR) is 80.1 cm³/mol. The molecule has 0 spiro atoms. The highest BCUT2D eigenvalue weighted by atomic mass is 16.6. The molecule has 1 saturated heterocycles. The molecule has 0 bridgehead atoms. The van der Waals surface area contributed by atoms with Crippen LogP contribution in [0.3, 0.4) is 0 Å². The van der Waals surface area contributed by atoms with Gasteiger partial charge in [-0.2, -0.15) is 0 Å². The number of nitrogens with two attached hydrogens (primary N) is 1. The van der Waals surface area contributed by atoms with Crippen molar-refractivity contribution in [3.63, 3.8) is 0 Å². The lowest BCUT2D eigenvalue weighted by atomic mass is 9.96. The van der Waals surface area contributed by atoms with Crippen LogP contribution in [0.1, 0.15) is 23.2 Å². The minimum atomic E-state index is -0.564. The van der Waals surface area contributed by atoms with Crippen LogP contribution < -0.4 is 11.1 Å². The highest BCUT2D eigenvalue weighted by molar-refractivity contribution is 5.95. The van der Waals surface area contributed by atoms with E-state index in [1.54, 1.807) is 11.0 Å². The van der Waals surface area contributed by atoms with Crippen LogP contribution in [-0.2, 0) is 0 Å². The molecule has 1 heterocycles. The lowest BCUT2D eigenvalue weighted by Crippen LogP contribution is -2.40. The van der Waals surface area contributed by atoms with Crippen LogP contribution in [0.25, 0.3) is 0 Å². The summed E-state index contributed by atoms with van der Waals surface area (Å²) in [6, 6.07) is 4.22. The number of nitro benzene ring substituents is 1. The fourth-order valence-corrected chi connectivity index (χ4v) is 2.65. The van der Waals surface area contributed by atoms with Crippen LogP contribution in [0.5, 0.6) is 0 Å². The minimum absolute atomic E-state index is 0.0734. The van der Waals surface area contributed by atoms with E-state index in [9.17, 15) is 14.9 Å². The maximum absolute atomic E-state index is 12.4. The number of hydrogen-bond acceptors (Lipinski definition) is 5. The number of nitrogen functional groups attached to an aromatic ring is 1. The molecule has 1 aliphatic rings. The van der Waals surface area contributed by atoms with E-state index in [4.69, 9.17) is 5.73 Å². The van der Waals surface area contributed by atoms with Gasteiger partial charge in [-0.3, -0.25) is 14.9 Å². The summed E-state index contributed by atoms with van der Waals surface area (Å²) in [5.74, 6) is 0.417. The fourth-order valence-electron chi connectivity index (χ4n) is 2.65. The van der Waals surface area contributed by atoms with Crippen molar-refractivity contribution < 1.29 is 9.72 Å². The number of nitro groups is 1. The van der Waals surface area contributed by atoms with Gasteiger partial charge in [0.2, 0.25) is 0 Å². The molecule has 0 saturated carbocycles. The second-order valence-electron chi connectivity index (χ2n) is 5.32. The van der Waals surface area contributed by atoms with E-state index in [0.717, 1.165) is 19.4 Å². The second kappa shape index (κ2) is 6.53. The summed E-state index contributed by atoms with van der Waals surface area (Å²) in [5, 5.41) is 14.0. The third-order valence-electron chi connectivity index (χ3n) is 3.87. The van der Waals surface area contributed by atoms with Crippen LogP contribution in [0.4, 0.5) is 11.4 Å². The molecule has 3 N–H and O–H groups in total. The summed E-state index contributed by atoms with van der Waals surface area (Å²) in [5.41, 5.74) is 5.73. The zero-order valence-electron chi connectivity index (χ0n) is 12.0. The number of rotatable bonds is 4. The van der Waals surface area contributed by atoms with Crippen molar-refractivity contribution >= 4 is 17.3 Å². The van der Waals surface area contributed by atoms with Crippen molar-refractivity contribution in [1.29, 1.82) is 0 Å². The number of nitrogens with zero attached hydrogens (tertiary/aromatic N) is 2. The molecule has 1 aromatic carbocycles. The first-order valence-electron chi connectivity index (χ1n) is 7.00. The van der Waals surface area contributed by atoms with Gasteiger partial charge in [0, 0.05) is 24.7 Å². The molecule has 1 fully saturated rings. The van der Waals surface area contributed by atoms with Crippen LogP contribution in [0.15, 0.2) is 18.2 Å². The lowest BCUT2D eigenvalue weighted by molar-refractivity contribution is -0.383. The number of anilines is 1. The Morgan fingerprint density at radius 1 is 1.48 bits per heavy atom. The fraction of sp³-hybridized carbons (Fsp3) is 0.500. The summed E-state index contributed by atoms with van der Waals surface area (Å²) >= 11 is 0. The van der Waals surface area contributed by atoms with E-state index >= 15 is 0 Å². The first-order chi connectivity index (χ1) is 10.0. The maximum atomic E-state index is 12.4. The van der Waals surface area contributed by atoms with E-state index in [2.05, 4.69) is 5.32 Å². The highest BCUT2D eigenvalue weighted by Crippen LogP contribution is 2.24. The van der Waals surface area contributed by atoms with Gasteiger partial charge in [0.25, 0.3) is 11.6 Å². The van der Waals surface area contributed by atoms with Gasteiger partial charge in [0.1, 0.15) is 5.69 Å². The van der Waals surface area contributed by atoms with Gasteiger partial charge >= 0.3 is 0 Å². The van der Waals surface area contributed by atoms with Crippen LogP contribution in [0.2, 0.25) is 0 Å². The zero-order valence-corrected chi connectivity index (χ0v) is 12.0. The Balaban J connectivity index is 2.07. The Labute approximate surface area is 123 Å². The standard InChI is InChI=1S/C14H20N4O3/c1-16-9-10-4-6-17(7-5-10)14(19)11-2-3-12(15)13(8-11)18(20)21/h2-3,8,10,16H,4-7,9,15H2,1H3. The van der Waals surface area contributed by atoms with Crippen molar-refractivity contribution in [3.8, 4) is 0 Å². The van der Waals surface area contributed by atoms with Crippen LogP contribution >= 0.6 is 0 Å². The summed E-state index contributed by atoms with van der Waals surface area (Å²) in [7, 11) is 1.92. The quantitative estimate of drug-likeness (QED) is 0.494. The molecule has 0 radical (unpaired) electrons. The average Bonchev–Trinajstić information content (AvgIpc) is 2.48. The van der Waals surface area contributed by atoms with Crippen molar-refractivity contribution in [2.75, 3.05) is 32.4 Å². The third kappa shape index (κ3) is 3.49. The van der Waals surface area contributed by atoms with Gasteiger partial charge in [-0.1, -0.05) is 0 Å². The number of benzene rings is 1. The number of carbonyl (C=O) groups is 1. The van der Waals surface area contributed by atoms with E-state index in [-0.39, 0.29) is 17.3 Å². The second-order valence-corrected chi connectivity index (χ2v) is 5.32. The number of hydrogen-bond donors (Lipinski definition) is 2. The van der Waals surface area contributed by atoms with Gasteiger partial charge in [0.05, 0.1) is 4.92 Å². The van der Waals surface area contributed by atoms with Crippen molar-refractivity contribution in [1.82, 2.24) is 10.2 Å². The Kier molecular flexibility index (Phi) is 4.74. The SMILES string of the molecule is CNCC1CCN(C(=O)c2ccc(N)c([N+](=O)[O-])c2)CC1. The average molecular weight is 292 g/mol. The monoisotopic (exact) mass is 292 g/mol. The topological polar surface area (TPSA) is 102 Å². The Bertz CT molecular complexity index is 539. The number of carbonyl (C=O) groups excluding carboxylic acids is 1. The number of piperidine rings is 1. The van der Waals surface area contributed by atoms with Gasteiger partial charge in [-0.25, -0.2) is 0 Å². The Hall–Kier alpha value is -2.15. The first-order valence-corrected chi connectivity index (χ1v) is 7.00. The van der Waals surface area contributed by atoms with E-state index in [1.807, 2.05) is 7.05 Å². The first kappa shape index (κ1) is 15.2. The van der Waals surface area contributed by atoms with Crippen molar-refractivity contribution in [2.45, 2.75) is 12.8 Å². The van der Waals surface area contributed by atoms with E-state index in [1.165, 1.54) is 12.1 Å². The van der Waals surface area contributed by atoms with Gasteiger partial charge in [-0.05, 0) is 44.5 Å². The van der Waals surface area contributed by atoms with Crippen LogP contribution in [-0.4, -0.2) is 42.4 Å². The molecule has 7 nitrogen and oxygen atoms in total. The summed E-state index contributed by atoms with van der Waals surface area (Å²) < 4.78 is 0. The van der Waals surface area contributed by atoms with Crippen LogP contribution in [0, 0.1) is 16.0 Å². The maximum Gasteiger partial charge on any atom is 0.292 e. The molecule has 1 aliphatic heterocycles. The molecule has 0 aromatic heterocycles. The third-order valence-corrected chi connectivity index (χ3v) is 3.87. The molecule has 21 heavy (non-hydrogen) atoms. The molecule has 0 atom stereocenters. The molecular weight excluding hydrogens is 272 g/mol. The van der Waals surface area contributed by atoms with Gasteiger partial charge in [0.15, 0.2) is 0 Å². The molecule has 1 amide bonds. The Morgan fingerprint density at radius 3 is 2.71 bits per heavy atom. The smallest absolute Gasteiger partial charge is 0.292 e. The molecule has 0 aliphatic carbocycles. The normalized spacial score (nSPS) is 16.0.